The Morgan fingerprint density at radius 2 is 1.65 bits per heavy atom. The van der Waals surface area contributed by atoms with Crippen molar-refractivity contribution in [3.63, 3.8) is 0 Å². The maximum atomic E-state index is 14.1. The van der Waals surface area contributed by atoms with Gasteiger partial charge in [0.15, 0.2) is 0 Å². The largest absolute Gasteiger partial charge is 0.352 e. The van der Waals surface area contributed by atoms with Gasteiger partial charge in [0.25, 0.3) is 0 Å². The van der Waals surface area contributed by atoms with Crippen LogP contribution >= 0.6 is 11.6 Å². The number of anilines is 1. The monoisotopic (exact) mass is 623 g/mol. The van der Waals surface area contributed by atoms with E-state index >= 15 is 0 Å². The maximum absolute atomic E-state index is 14.1. The van der Waals surface area contributed by atoms with E-state index in [9.17, 15) is 18.0 Å². The second kappa shape index (κ2) is 14.9. The highest BCUT2D eigenvalue weighted by atomic mass is 35.5. The van der Waals surface area contributed by atoms with Gasteiger partial charge in [-0.25, -0.2) is 8.42 Å². The molecule has 4 rings (SSSR count). The molecule has 3 aromatic carbocycles. The van der Waals surface area contributed by atoms with Crippen molar-refractivity contribution in [2.75, 3.05) is 17.1 Å². The molecular weight excluding hydrogens is 582 g/mol. The molecule has 0 radical (unpaired) electrons. The molecule has 43 heavy (non-hydrogen) atoms. The van der Waals surface area contributed by atoms with Gasteiger partial charge in [0.2, 0.25) is 21.8 Å². The van der Waals surface area contributed by atoms with Gasteiger partial charge >= 0.3 is 0 Å². The Morgan fingerprint density at radius 1 is 0.953 bits per heavy atom. The van der Waals surface area contributed by atoms with E-state index in [1.54, 1.807) is 23.1 Å². The number of aryl methyl sites for hydroxylation is 2. The molecule has 0 aliphatic heterocycles. The van der Waals surface area contributed by atoms with Crippen molar-refractivity contribution < 1.29 is 18.0 Å². The van der Waals surface area contributed by atoms with E-state index in [0.29, 0.717) is 17.1 Å². The fourth-order valence-electron chi connectivity index (χ4n) is 5.76. The summed E-state index contributed by atoms with van der Waals surface area (Å²) in [6.45, 7) is 4.22. The van der Waals surface area contributed by atoms with Gasteiger partial charge in [0, 0.05) is 37.0 Å². The van der Waals surface area contributed by atoms with Crippen molar-refractivity contribution in [3.8, 4) is 0 Å². The molecular formula is C34H42ClN3O4S. The van der Waals surface area contributed by atoms with Crippen LogP contribution in [0.25, 0.3) is 0 Å². The predicted molar refractivity (Wildman–Crippen MR) is 174 cm³/mol. The summed E-state index contributed by atoms with van der Waals surface area (Å²) in [5.74, 6) is -0.343. The summed E-state index contributed by atoms with van der Waals surface area (Å²) < 4.78 is 26.9. The first-order valence-corrected chi connectivity index (χ1v) is 17.2. The normalized spacial score (nSPS) is 14.3. The number of rotatable bonds is 13. The van der Waals surface area contributed by atoms with Gasteiger partial charge in [-0.05, 0) is 61.9 Å². The zero-order valence-electron chi connectivity index (χ0n) is 25.3. The number of amides is 2. The molecule has 1 aliphatic rings. The Balaban J connectivity index is 1.60. The van der Waals surface area contributed by atoms with Gasteiger partial charge < -0.3 is 10.2 Å². The minimum absolute atomic E-state index is 0.0828. The highest BCUT2D eigenvalue weighted by Gasteiger charge is 2.32. The molecule has 0 saturated heterocycles. The molecule has 1 aliphatic carbocycles. The van der Waals surface area contributed by atoms with Crippen LogP contribution in [0.15, 0.2) is 72.8 Å². The van der Waals surface area contributed by atoms with Crippen LogP contribution in [0.5, 0.6) is 0 Å². The molecule has 0 heterocycles. The molecule has 1 saturated carbocycles. The first-order valence-electron chi connectivity index (χ1n) is 14.9. The van der Waals surface area contributed by atoms with Crippen molar-refractivity contribution in [3.05, 3.63) is 100 Å². The Labute approximate surface area is 261 Å². The maximum Gasteiger partial charge on any atom is 0.243 e. The number of hydrogen-bond donors (Lipinski definition) is 1. The molecule has 0 bridgehead atoms. The van der Waals surface area contributed by atoms with Crippen LogP contribution in [0.2, 0.25) is 5.02 Å². The second-order valence-electron chi connectivity index (χ2n) is 11.6. The summed E-state index contributed by atoms with van der Waals surface area (Å²) >= 11 is 6.20. The average Bonchev–Trinajstić information content (AvgIpc) is 3.47. The lowest BCUT2D eigenvalue weighted by Gasteiger charge is -2.33. The van der Waals surface area contributed by atoms with Crippen LogP contribution in [-0.4, -0.2) is 50.0 Å². The van der Waals surface area contributed by atoms with Crippen LogP contribution in [0, 0.1) is 13.8 Å². The van der Waals surface area contributed by atoms with Gasteiger partial charge in [-0.1, -0.05) is 90.7 Å². The van der Waals surface area contributed by atoms with E-state index in [4.69, 9.17) is 11.6 Å². The third kappa shape index (κ3) is 9.31. The quantitative estimate of drug-likeness (QED) is 0.246. The predicted octanol–water partition coefficient (Wildman–Crippen LogP) is 6.20. The first kappa shape index (κ1) is 32.6. The van der Waals surface area contributed by atoms with Crippen LogP contribution in [0.4, 0.5) is 5.69 Å². The van der Waals surface area contributed by atoms with Gasteiger partial charge in [-0.2, -0.15) is 0 Å². The molecule has 0 unspecified atom stereocenters. The number of nitrogens with one attached hydrogen (secondary N) is 1. The number of nitrogens with zero attached hydrogens (tertiary/aromatic N) is 2. The molecule has 2 amide bonds. The van der Waals surface area contributed by atoms with E-state index < -0.39 is 16.1 Å². The molecule has 7 nitrogen and oxygen atoms in total. The van der Waals surface area contributed by atoms with E-state index in [-0.39, 0.29) is 43.8 Å². The summed E-state index contributed by atoms with van der Waals surface area (Å²) in [5.41, 5.74) is 4.24. The zero-order chi connectivity index (χ0) is 31.0. The topological polar surface area (TPSA) is 86.8 Å². The Kier molecular flexibility index (Phi) is 11.3. The Morgan fingerprint density at radius 3 is 2.33 bits per heavy atom. The van der Waals surface area contributed by atoms with Crippen molar-refractivity contribution in [1.29, 1.82) is 0 Å². The number of halogens is 1. The summed E-state index contributed by atoms with van der Waals surface area (Å²) in [7, 11) is -3.63. The van der Waals surface area contributed by atoms with Crippen LogP contribution in [0.1, 0.15) is 60.8 Å². The van der Waals surface area contributed by atoms with Gasteiger partial charge in [-0.3, -0.25) is 13.9 Å². The van der Waals surface area contributed by atoms with Crippen molar-refractivity contribution in [2.24, 2.45) is 0 Å². The number of hydrogen-bond acceptors (Lipinski definition) is 4. The smallest absolute Gasteiger partial charge is 0.243 e. The van der Waals surface area contributed by atoms with E-state index in [0.717, 1.165) is 54.2 Å². The van der Waals surface area contributed by atoms with E-state index in [2.05, 4.69) is 5.32 Å². The second-order valence-corrected chi connectivity index (χ2v) is 13.9. The van der Waals surface area contributed by atoms with Crippen LogP contribution < -0.4 is 9.62 Å². The van der Waals surface area contributed by atoms with Gasteiger partial charge in [-0.15, -0.1) is 0 Å². The Bertz CT molecular complexity index is 1510. The summed E-state index contributed by atoms with van der Waals surface area (Å²) in [4.78, 5) is 29.6. The molecule has 0 spiro atoms. The number of benzene rings is 3. The highest BCUT2D eigenvalue weighted by molar-refractivity contribution is 7.92. The number of carbonyl (C=O) groups excluding carboxylic acids is 2. The van der Waals surface area contributed by atoms with Crippen LogP contribution in [0.3, 0.4) is 0 Å². The SMILES string of the molecule is Cc1cccc(CN(C(=O)CCCN(c2cc(Cl)ccc2C)S(C)(=O)=O)[C@@H](Cc2ccccc2)C(=O)NC2CCCC2)c1. The fraction of sp³-hybridized carbons (Fsp3) is 0.412. The van der Waals surface area contributed by atoms with Crippen molar-refractivity contribution in [2.45, 2.75) is 77.4 Å². The van der Waals surface area contributed by atoms with Gasteiger partial charge in [0.1, 0.15) is 6.04 Å². The van der Waals surface area contributed by atoms with Crippen LogP contribution in [-0.2, 0) is 32.6 Å². The molecule has 9 heteroatoms. The minimum atomic E-state index is -3.63. The standard InChI is InChI=1S/C34H42ClN3O4S/c1-25-11-9-14-28(21-25)24-37(32(22-27-12-5-4-6-13-27)34(40)36-30-15-7-8-16-30)33(39)17-10-20-38(43(3,41)42)31-23-29(35)19-18-26(31)2/h4-6,9,11-14,18-19,21,23,30,32H,7-8,10,15-17,20,22,24H2,1-3H3,(H,36,40)/t32-/m0/s1. The van der Waals surface area contributed by atoms with E-state index in [1.165, 1.54) is 4.31 Å². The minimum Gasteiger partial charge on any atom is -0.352 e. The lowest BCUT2D eigenvalue weighted by Crippen LogP contribution is -2.52. The molecule has 230 valence electrons. The van der Waals surface area contributed by atoms with Crippen molar-refractivity contribution in [1.82, 2.24) is 10.2 Å². The summed E-state index contributed by atoms with van der Waals surface area (Å²) in [5, 5.41) is 3.66. The fourth-order valence-corrected chi connectivity index (χ4v) is 6.94. The molecule has 1 N–H and O–H groups in total. The lowest BCUT2D eigenvalue weighted by molar-refractivity contribution is -0.141. The first-order chi connectivity index (χ1) is 20.5. The zero-order valence-corrected chi connectivity index (χ0v) is 26.8. The molecule has 1 fully saturated rings. The molecule has 1 atom stereocenters. The van der Waals surface area contributed by atoms with Crippen molar-refractivity contribution >= 4 is 39.1 Å². The summed E-state index contributed by atoms with van der Waals surface area (Å²) in [6, 6.07) is 22.2. The third-order valence-electron chi connectivity index (χ3n) is 8.00. The Hall–Kier alpha value is -3.36. The average molecular weight is 624 g/mol. The molecule has 0 aromatic heterocycles. The number of carbonyl (C=O) groups is 2. The summed E-state index contributed by atoms with van der Waals surface area (Å²) in [6.07, 6.45) is 5.96. The lowest BCUT2D eigenvalue weighted by atomic mass is 10.0. The third-order valence-corrected chi connectivity index (χ3v) is 9.42. The number of sulfonamides is 1. The van der Waals surface area contributed by atoms with Gasteiger partial charge in [0.05, 0.1) is 11.9 Å². The highest BCUT2D eigenvalue weighted by Crippen LogP contribution is 2.27. The molecule has 3 aromatic rings. The van der Waals surface area contributed by atoms with E-state index in [1.807, 2.05) is 68.4 Å².